The maximum Gasteiger partial charge on any atom is 0.309 e. The van der Waals surface area contributed by atoms with Crippen LogP contribution in [-0.4, -0.2) is 25.4 Å². The second-order valence-electron chi connectivity index (χ2n) is 3.32. The van der Waals surface area contributed by atoms with Crippen LogP contribution in [0.1, 0.15) is 20.3 Å². The highest BCUT2D eigenvalue weighted by Gasteiger charge is 2.24. The molecule has 0 bridgehead atoms. The lowest BCUT2D eigenvalue weighted by Gasteiger charge is -2.16. The van der Waals surface area contributed by atoms with Gasteiger partial charge in [-0.2, -0.15) is 0 Å². The van der Waals surface area contributed by atoms with Crippen molar-refractivity contribution in [1.29, 1.82) is 0 Å². The number of methoxy groups -OCH3 is 1. The van der Waals surface area contributed by atoms with Gasteiger partial charge in [0.05, 0.1) is 19.6 Å². The van der Waals surface area contributed by atoms with Crippen LogP contribution in [-0.2, 0) is 14.3 Å². The van der Waals surface area contributed by atoms with Gasteiger partial charge in [-0.15, -0.1) is 0 Å². The van der Waals surface area contributed by atoms with Crippen LogP contribution in [0.5, 0.6) is 0 Å². The summed E-state index contributed by atoms with van der Waals surface area (Å²) in [6.07, 6.45) is 0.181. The molecule has 13 heavy (non-hydrogen) atoms. The third-order valence-electron chi connectivity index (χ3n) is 1.98. The Morgan fingerprint density at radius 3 is 2.23 bits per heavy atom. The Morgan fingerprint density at radius 1 is 1.38 bits per heavy atom. The summed E-state index contributed by atoms with van der Waals surface area (Å²) in [4.78, 5) is 22.2. The molecule has 2 N–H and O–H groups in total. The van der Waals surface area contributed by atoms with Gasteiger partial charge in [0.15, 0.2) is 0 Å². The van der Waals surface area contributed by atoms with E-state index >= 15 is 0 Å². The van der Waals surface area contributed by atoms with Crippen molar-refractivity contribution in [3.8, 4) is 0 Å². The van der Waals surface area contributed by atoms with Gasteiger partial charge in [-0.3, -0.25) is 9.59 Å². The molecule has 4 heteroatoms. The molecule has 0 aliphatic heterocycles. The minimum atomic E-state index is -0.360. The second kappa shape index (κ2) is 5.70. The molecule has 0 aromatic heterocycles. The normalized spacial score (nSPS) is 12.7. The Bertz CT molecular complexity index is 189. The minimum absolute atomic E-state index is 0.0137. The van der Waals surface area contributed by atoms with Gasteiger partial charge < -0.3 is 10.5 Å². The lowest BCUT2D eigenvalue weighted by atomic mass is 9.91. The first-order chi connectivity index (χ1) is 6.02. The van der Waals surface area contributed by atoms with Crippen molar-refractivity contribution in [2.75, 3.05) is 13.7 Å². The van der Waals surface area contributed by atoms with Gasteiger partial charge in [-0.05, 0) is 5.92 Å². The highest BCUT2D eigenvalue weighted by atomic mass is 16.5. The van der Waals surface area contributed by atoms with E-state index in [9.17, 15) is 9.59 Å². The molecule has 0 rings (SSSR count). The number of carbonyl (C=O) groups excluding carboxylic acids is 2. The zero-order valence-electron chi connectivity index (χ0n) is 8.37. The van der Waals surface area contributed by atoms with Crippen LogP contribution in [0, 0.1) is 11.8 Å². The molecule has 0 spiro atoms. The molecule has 0 aromatic rings. The average Bonchev–Trinajstić information content (AvgIpc) is 2.11. The summed E-state index contributed by atoms with van der Waals surface area (Å²) >= 11 is 0. The summed E-state index contributed by atoms with van der Waals surface area (Å²) in [5.74, 6) is -0.704. The third kappa shape index (κ3) is 4.03. The minimum Gasteiger partial charge on any atom is -0.469 e. The summed E-state index contributed by atoms with van der Waals surface area (Å²) < 4.78 is 4.59. The Labute approximate surface area is 78.4 Å². The van der Waals surface area contributed by atoms with E-state index in [-0.39, 0.29) is 36.6 Å². The molecule has 0 heterocycles. The van der Waals surface area contributed by atoms with Crippen LogP contribution in [0.2, 0.25) is 0 Å². The summed E-state index contributed by atoms with van der Waals surface area (Å²) in [5, 5.41) is 0. The van der Waals surface area contributed by atoms with Crippen molar-refractivity contribution in [3.63, 3.8) is 0 Å². The van der Waals surface area contributed by atoms with Crippen LogP contribution >= 0.6 is 0 Å². The van der Waals surface area contributed by atoms with E-state index < -0.39 is 0 Å². The van der Waals surface area contributed by atoms with Gasteiger partial charge >= 0.3 is 5.97 Å². The van der Waals surface area contributed by atoms with Crippen molar-refractivity contribution in [3.05, 3.63) is 0 Å². The lowest BCUT2D eigenvalue weighted by Crippen LogP contribution is -2.27. The summed E-state index contributed by atoms with van der Waals surface area (Å²) in [7, 11) is 1.32. The zero-order chi connectivity index (χ0) is 10.4. The van der Waals surface area contributed by atoms with Gasteiger partial charge in [-0.1, -0.05) is 13.8 Å². The number of nitrogens with two attached hydrogens (primary N) is 1. The van der Waals surface area contributed by atoms with Gasteiger partial charge in [0.2, 0.25) is 0 Å². The van der Waals surface area contributed by atoms with E-state index in [0.29, 0.717) is 0 Å². The summed E-state index contributed by atoms with van der Waals surface area (Å²) in [5.41, 5.74) is 5.16. The lowest BCUT2D eigenvalue weighted by molar-refractivity contribution is -0.148. The maximum atomic E-state index is 11.2. The highest BCUT2D eigenvalue weighted by molar-refractivity contribution is 5.85. The first-order valence-corrected chi connectivity index (χ1v) is 4.32. The van der Waals surface area contributed by atoms with E-state index in [4.69, 9.17) is 5.73 Å². The molecule has 76 valence electrons. The Kier molecular flexibility index (Phi) is 5.30. The molecule has 0 radical (unpaired) electrons. The first kappa shape index (κ1) is 12.1. The molecule has 0 saturated heterocycles. The van der Waals surface area contributed by atoms with Crippen molar-refractivity contribution in [2.24, 2.45) is 17.6 Å². The maximum absolute atomic E-state index is 11.2. The van der Waals surface area contributed by atoms with E-state index in [1.165, 1.54) is 7.11 Å². The summed E-state index contributed by atoms with van der Waals surface area (Å²) in [6, 6.07) is 0. The second-order valence-corrected chi connectivity index (χ2v) is 3.32. The number of ether oxygens (including phenoxy) is 1. The van der Waals surface area contributed by atoms with Crippen LogP contribution in [0.4, 0.5) is 0 Å². The number of hydrogen-bond donors (Lipinski definition) is 1. The van der Waals surface area contributed by atoms with Gasteiger partial charge in [-0.25, -0.2) is 0 Å². The van der Waals surface area contributed by atoms with Crippen molar-refractivity contribution in [1.82, 2.24) is 0 Å². The van der Waals surface area contributed by atoms with Crippen LogP contribution in [0.3, 0.4) is 0 Å². The van der Waals surface area contributed by atoms with Crippen molar-refractivity contribution in [2.45, 2.75) is 20.3 Å². The fraction of sp³-hybridized carbons (Fsp3) is 0.778. The highest BCUT2D eigenvalue weighted by Crippen LogP contribution is 2.16. The number of Topliss-reactive ketones (excluding diaryl/α,β-unsaturated/α-hetero) is 1. The van der Waals surface area contributed by atoms with Gasteiger partial charge in [0, 0.05) is 6.42 Å². The average molecular weight is 187 g/mol. The Hall–Kier alpha value is -0.900. The molecular weight excluding hydrogens is 170 g/mol. The fourth-order valence-electron chi connectivity index (χ4n) is 1.07. The van der Waals surface area contributed by atoms with E-state index in [1.54, 1.807) is 0 Å². The molecule has 0 aliphatic rings. The van der Waals surface area contributed by atoms with Gasteiger partial charge in [0.25, 0.3) is 0 Å². The predicted octanol–water partition coefficient (Wildman–Crippen LogP) is 0.349. The largest absolute Gasteiger partial charge is 0.469 e. The molecule has 4 nitrogen and oxygen atoms in total. The molecule has 0 aliphatic carbocycles. The topological polar surface area (TPSA) is 69.4 Å². The molecule has 0 saturated carbocycles. The fourth-order valence-corrected chi connectivity index (χ4v) is 1.07. The molecule has 0 fully saturated rings. The SMILES string of the molecule is COC(=O)[C@@H](CC(=O)CN)C(C)C. The predicted molar refractivity (Wildman–Crippen MR) is 49.0 cm³/mol. The Morgan fingerprint density at radius 2 is 1.92 bits per heavy atom. The molecule has 1 atom stereocenters. The standard InChI is InChI=1S/C9H17NO3/c1-6(2)8(9(12)13-3)4-7(11)5-10/h6,8H,4-5,10H2,1-3H3/t8-/m0/s1. The number of hydrogen-bond acceptors (Lipinski definition) is 4. The smallest absolute Gasteiger partial charge is 0.309 e. The number of esters is 1. The van der Waals surface area contributed by atoms with Crippen LogP contribution in [0.25, 0.3) is 0 Å². The van der Waals surface area contributed by atoms with Crippen molar-refractivity contribution >= 4 is 11.8 Å². The molecule has 0 aromatic carbocycles. The summed E-state index contributed by atoms with van der Waals surface area (Å²) in [6.45, 7) is 3.75. The van der Waals surface area contributed by atoms with Crippen LogP contribution < -0.4 is 5.73 Å². The molecular formula is C9H17NO3. The molecule has 0 unspecified atom stereocenters. The van der Waals surface area contributed by atoms with Crippen molar-refractivity contribution < 1.29 is 14.3 Å². The zero-order valence-corrected chi connectivity index (χ0v) is 8.37. The van der Waals surface area contributed by atoms with E-state index in [2.05, 4.69) is 4.74 Å². The monoisotopic (exact) mass is 187 g/mol. The van der Waals surface area contributed by atoms with E-state index in [1.807, 2.05) is 13.8 Å². The third-order valence-corrected chi connectivity index (χ3v) is 1.98. The quantitative estimate of drug-likeness (QED) is 0.630. The van der Waals surface area contributed by atoms with Gasteiger partial charge in [0.1, 0.15) is 5.78 Å². The Balaban J connectivity index is 4.26. The van der Waals surface area contributed by atoms with E-state index in [0.717, 1.165) is 0 Å². The number of ketones is 1. The van der Waals surface area contributed by atoms with Crippen LogP contribution in [0.15, 0.2) is 0 Å². The number of rotatable bonds is 5. The number of carbonyl (C=O) groups is 2. The molecule has 0 amide bonds. The first-order valence-electron chi connectivity index (χ1n) is 4.32.